The first-order valence-corrected chi connectivity index (χ1v) is 4.99. The van der Waals surface area contributed by atoms with Crippen LogP contribution in [0.5, 0.6) is 0 Å². The van der Waals surface area contributed by atoms with E-state index in [-0.39, 0.29) is 18.5 Å². The van der Waals surface area contributed by atoms with E-state index < -0.39 is 11.9 Å². The Bertz CT molecular complexity index is 369. The van der Waals surface area contributed by atoms with Crippen molar-refractivity contribution in [2.24, 2.45) is 0 Å². The van der Waals surface area contributed by atoms with Crippen LogP contribution in [-0.2, 0) is 17.5 Å². The summed E-state index contributed by atoms with van der Waals surface area (Å²) in [6.07, 6.45) is -2.77. The smallest absolute Gasteiger partial charge is 0.384 e. The van der Waals surface area contributed by atoms with Crippen molar-refractivity contribution < 1.29 is 17.9 Å². The van der Waals surface area contributed by atoms with Crippen molar-refractivity contribution in [2.75, 3.05) is 12.3 Å². The molecule has 0 spiro atoms. The SMILES string of the molecule is Nc1cc(C(F)(F)F)nn1C[C@@H]1CCCO1. The van der Waals surface area contributed by atoms with Gasteiger partial charge in [-0.1, -0.05) is 0 Å². The van der Waals surface area contributed by atoms with E-state index in [1.165, 1.54) is 0 Å². The van der Waals surface area contributed by atoms with Gasteiger partial charge in [0.05, 0.1) is 12.6 Å². The van der Waals surface area contributed by atoms with Gasteiger partial charge in [0.25, 0.3) is 0 Å². The minimum atomic E-state index is -4.45. The number of alkyl halides is 3. The molecule has 0 aliphatic carbocycles. The molecule has 0 bridgehead atoms. The van der Waals surface area contributed by atoms with E-state index in [4.69, 9.17) is 10.5 Å². The van der Waals surface area contributed by atoms with Crippen LogP contribution in [-0.4, -0.2) is 22.5 Å². The molecule has 1 atom stereocenters. The molecule has 16 heavy (non-hydrogen) atoms. The van der Waals surface area contributed by atoms with Crippen LogP contribution in [0.3, 0.4) is 0 Å². The number of halogens is 3. The minimum Gasteiger partial charge on any atom is -0.384 e. The van der Waals surface area contributed by atoms with Crippen molar-refractivity contribution in [3.8, 4) is 0 Å². The van der Waals surface area contributed by atoms with Crippen molar-refractivity contribution in [3.63, 3.8) is 0 Å². The Hall–Kier alpha value is -1.24. The number of nitrogen functional groups attached to an aromatic ring is 1. The topological polar surface area (TPSA) is 53.1 Å². The zero-order valence-corrected chi connectivity index (χ0v) is 8.50. The number of rotatable bonds is 2. The van der Waals surface area contributed by atoms with Gasteiger partial charge in [-0.05, 0) is 12.8 Å². The monoisotopic (exact) mass is 235 g/mol. The Morgan fingerprint density at radius 1 is 1.56 bits per heavy atom. The fourth-order valence-corrected chi connectivity index (χ4v) is 1.70. The first-order chi connectivity index (χ1) is 7.47. The number of aromatic nitrogens is 2. The summed E-state index contributed by atoms with van der Waals surface area (Å²) in [4.78, 5) is 0. The predicted octanol–water partition coefficient (Wildman–Crippen LogP) is 1.66. The summed E-state index contributed by atoms with van der Waals surface area (Å²) in [5.74, 6) is 0.0165. The highest BCUT2D eigenvalue weighted by atomic mass is 19.4. The van der Waals surface area contributed by atoms with Crippen molar-refractivity contribution in [1.29, 1.82) is 0 Å². The van der Waals surface area contributed by atoms with Crippen LogP contribution in [0.15, 0.2) is 6.07 Å². The summed E-state index contributed by atoms with van der Waals surface area (Å²) < 4.78 is 43.5. The summed E-state index contributed by atoms with van der Waals surface area (Å²) >= 11 is 0. The zero-order chi connectivity index (χ0) is 11.8. The highest BCUT2D eigenvalue weighted by Gasteiger charge is 2.35. The lowest BCUT2D eigenvalue weighted by Gasteiger charge is -2.10. The maximum Gasteiger partial charge on any atom is 0.435 e. The van der Waals surface area contributed by atoms with E-state index in [1.54, 1.807) is 0 Å². The van der Waals surface area contributed by atoms with E-state index in [2.05, 4.69) is 5.10 Å². The second kappa shape index (κ2) is 3.97. The van der Waals surface area contributed by atoms with Crippen molar-refractivity contribution in [2.45, 2.75) is 31.7 Å². The summed E-state index contributed by atoms with van der Waals surface area (Å²) in [6.45, 7) is 0.930. The van der Waals surface area contributed by atoms with Crippen LogP contribution in [0.2, 0.25) is 0 Å². The number of anilines is 1. The van der Waals surface area contributed by atoms with E-state index in [9.17, 15) is 13.2 Å². The van der Waals surface area contributed by atoms with Gasteiger partial charge in [-0.2, -0.15) is 18.3 Å². The molecular weight excluding hydrogens is 223 g/mol. The van der Waals surface area contributed by atoms with Crippen LogP contribution in [0.4, 0.5) is 19.0 Å². The molecule has 1 aromatic heterocycles. The van der Waals surface area contributed by atoms with Crippen molar-refractivity contribution >= 4 is 5.82 Å². The number of hydrogen-bond donors (Lipinski definition) is 1. The lowest BCUT2D eigenvalue weighted by molar-refractivity contribution is -0.141. The van der Waals surface area contributed by atoms with Crippen molar-refractivity contribution in [3.05, 3.63) is 11.8 Å². The molecule has 7 heteroatoms. The lowest BCUT2D eigenvalue weighted by atomic mass is 10.2. The molecule has 2 rings (SSSR count). The lowest BCUT2D eigenvalue weighted by Crippen LogP contribution is -2.18. The molecule has 0 amide bonds. The van der Waals surface area contributed by atoms with Crippen LogP contribution >= 0.6 is 0 Å². The summed E-state index contributed by atoms with van der Waals surface area (Å²) in [6, 6.07) is 0.842. The van der Waals surface area contributed by atoms with Gasteiger partial charge in [-0.15, -0.1) is 0 Å². The molecule has 0 radical (unpaired) electrons. The molecule has 90 valence electrons. The van der Waals surface area contributed by atoms with Gasteiger partial charge in [-0.25, -0.2) is 4.68 Å². The van der Waals surface area contributed by atoms with Crippen LogP contribution in [0.25, 0.3) is 0 Å². The highest BCUT2D eigenvalue weighted by molar-refractivity contribution is 5.32. The Labute approximate surface area is 90.2 Å². The quantitative estimate of drug-likeness (QED) is 0.848. The second-order valence-electron chi connectivity index (χ2n) is 3.77. The van der Waals surface area contributed by atoms with Gasteiger partial charge in [-0.3, -0.25) is 0 Å². The molecule has 1 aliphatic heterocycles. The predicted molar refractivity (Wildman–Crippen MR) is 50.6 cm³/mol. The standard InChI is InChI=1S/C9H12F3N3O/c10-9(11,12)7-4-8(13)15(14-7)5-6-2-1-3-16-6/h4,6H,1-3,5,13H2/t6-/m0/s1. The third kappa shape index (κ3) is 2.29. The fraction of sp³-hybridized carbons (Fsp3) is 0.667. The first-order valence-electron chi connectivity index (χ1n) is 4.99. The van der Waals surface area contributed by atoms with E-state index in [1.807, 2.05) is 0 Å². The molecule has 2 heterocycles. The van der Waals surface area contributed by atoms with Crippen LogP contribution in [0, 0.1) is 0 Å². The average molecular weight is 235 g/mol. The average Bonchev–Trinajstić information content (AvgIpc) is 2.76. The maximum atomic E-state index is 12.3. The Morgan fingerprint density at radius 3 is 2.81 bits per heavy atom. The van der Waals surface area contributed by atoms with Gasteiger partial charge in [0.1, 0.15) is 5.82 Å². The van der Waals surface area contributed by atoms with Gasteiger partial charge < -0.3 is 10.5 Å². The molecule has 4 nitrogen and oxygen atoms in total. The molecule has 0 aromatic carbocycles. The Balaban J connectivity index is 2.12. The van der Waals surface area contributed by atoms with Gasteiger partial charge >= 0.3 is 6.18 Å². The summed E-state index contributed by atoms with van der Waals surface area (Å²) in [5.41, 5.74) is 4.51. The molecule has 1 fully saturated rings. The highest BCUT2D eigenvalue weighted by Crippen LogP contribution is 2.29. The van der Waals surface area contributed by atoms with E-state index in [0.717, 1.165) is 23.6 Å². The number of hydrogen-bond acceptors (Lipinski definition) is 3. The molecule has 1 saturated heterocycles. The Morgan fingerprint density at radius 2 is 2.31 bits per heavy atom. The molecular formula is C9H12F3N3O. The number of nitrogens with two attached hydrogens (primary N) is 1. The molecule has 1 aromatic rings. The third-order valence-electron chi connectivity index (χ3n) is 2.50. The maximum absolute atomic E-state index is 12.3. The number of ether oxygens (including phenoxy) is 1. The molecule has 0 saturated carbocycles. The molecule has 1 aliphatic rings. The fourth-order valence-electron chi connectivity index (χ4n) is 1.70. The van der Waals surface area contributed by atoms with Crippen LogP contribution in [0.1, 0.15) is 18.5 Å². The first kappa shape index (κ1) is 11.3. The Kier molecular flexibility index (Phi) is 2.79. The normalized spacial score (nSPS) is 21.6. The minimum absolute atomic E-state index is 0.0165. The summed E-state index contributed by atoms with van der Waals surface area (Å²) in [5, 5.41) is 3.43. The third-order valence-corrected chi connectivity index (χ3v) is 2.50. The van der Waals surface area contributed by atoms with E-state index in [0.29, 0.717) is 6.61 Å². The van der Waals surface area contributed by atoms with E-state index >= 15 is 0 Å². The number of nitrogens with zero attached hydrogens (tertiary/aromatic N) is 2. The second-order valence-corrected chi connectivity index (χ2v) is 3.77. The largest absolute Gasteiger partial charge is 0.435 e. The molecule has 0 unspecified atom stereocenters. The summed E-state index contributed by atoms with van der Waals surface area (Å²) in [7, 11) is 0. The van der Waals surface area contributed by atoms with Crippen molar-refractivity contribution in [1.82, 2.24) is 9.78 Å². The van der Waals surface area contributed by atoms with Gasteiger partial charge in [0, 0.05) is 12.7 Å². The van der Waals surface area contributed by atoms with Gasteiger partial charge in [0.2, 0.25) is 0 Å². The zero-order valence-electron chi connectivity index (χ0n) is 8.50. The molecule has 2 N–H and O–H groups in total. The van der Waals surface area contributed by atoms with Crippen LogP contribution < -0.4 is 5.73 Å². The van der Waals surface area contributed by atoms with Gasteiger partial charge in [0.15, 0.2) is 5.69 Å².